The van der Waals surface area contributed by atoms with E-state index >= 15 is 0 Å². The van der Waals surface area contributed by atoms with Gasteiger partial charge in [0.05, 0.1) is 6.61 Å². The number of aryl methyl sites for hydroxylation is 1. The van der Waals surface area contributed by atoms with Crippen molar-refractivity contribution in [2.75, 3.05) is 6.61 Å². The highest BCUT2D eigenvalue weighted by atomic mass is 19.1. The van der Waals surface area contributed by atoms with Gasteiger partial charge in [-0.15, -0.1) is 0 Å². The van der Waals surface area contributed by atoms with Gasteiger partial charge < -0.3 is 4.74 Å². The Morgan fingerprint density at radius 3 is 2.80 bits per heavy atom. The third kappa shape index (κ3) is 6.02. The summed E-state index contributed by atoms with van der Waals surface area (Å²) in [4.78, 5) is 11.6. The van der Waals surface area contributed by atoms with Crippen molar-refractivity contribution < 1.29 is 13.9 Å². The van der Waals surface area contributed by atoms with E-state index in [1.54, 1.807) is 6.07 Å². The fourth-order valence-corrected chi connectivity index (χ4v) is 1.63. The lowest BCUT2D eigenvalue weighted by Crippen LogP contribution is -2.41. The van der Waals surface area contributed by atoms with Crippen LogP contribution < -0.4 is 15.6 Å². The number of halogens is 1. The van der Waals surface area contributed by atoms with Crippen LogP contribution in [0.5, 0.6) is 5.75 Å². The lowest BCUT2D eigenvalue weighted by molar-refractivity contribution is -0.122. The Morgan fingerprint density at radius 2 is 2.15 bits per heavy atom. The Bertz CT molecular complexity index is 436. The maximum Gasteiger partial charge on any atom is 0.234 e. The molecule has 0 aliphatic rings. The largest absolute Gasteiger partial charge is 0.493 e. The average molecular weight is 282 g/mol. The SMILES string of the molecule is CCCOc1ccc(F)cc1CCC(=O)NNC(C)C. The molecule has 20 heavy (non-hydrogen) atoms. The minimum atomic E-state index is -0.315. The molecule has 0 aliphatic carbocycles. The van der Waals surface area contributed by atoms with Crippen molar-refractivity contribution in [2.24, 2.45) is 0 Å². The number of hydrazine groups is 1. The van der Waals surface area contributed by atoms with Crippen LogP contribution in [0.4, 0.5) is 4.39 Å². The predicted octanol–water partition coefficient (Wildman–Crippen LogP) is 2.58. The summed E-state index contributed by atoms with van der Waals surface area (Å²) < 4.78 is 18.8. The summed E-state index contributed by atoms with van der Waals surface area (Å²) in [5.74, 6) is 0.215. The van der Waals surface area contributed by atoms with Crippen LogP contribution in [0.1, 0.15) is 39.2 Å². The van der Waals surface area contributed by atoms with Gasteiger partial charge in [0.25, 0.3) is 0 Å². The normalized spacial score (nSPS) is 10.7. The van der Waals surface area contributed by atoms with Crippen LogP contribution >= 0.6 is 0 Å². The Balaban J connectivity index is 2.56. The highest BCUT2D eigenvalue weighted by molar-refractivity contribution is 5.75. The molecule has 1 aromatic rings. The number of rotatable bonds is 8. The maximum atomic E-state index is 13.3. The predicted molar refractivity (Wildman–Crippen MR) is 76.9 cm³/mol. The van der Waals surface area contributed by atoms with E-state index in [2.05, 4.69) is 10.9 Å². The van der Waals surface area contributed by atoms with Gasteiger partial charge >= 0.3 is 0 Å². The van der Waals surface area contributed by atoms with Gasteiger partial charge in [-0.3, -0.25) is 10.2 Å². The molecule has 0 heterocycles. The summed E-state index contributed by atoms with van der Waals surface area (Å²) in [6.45, 7) is 6.46. The lowest BCUT2D eigenvalue weighted by atomic mass is 10.1. The summed E-state index contributed by atoms with van der Waals surface area (Å²) in [6.07, 6.45) is 1.61. The lowest BCUT2D eigenvalue weighted by Gasteiger charge is -2.12. The van der Waals surface area contributed by atoms with E-state index in [1.807, 2.05) is 20.8 Å². The number of hydrogen-bond acceptors (Lipinski definition) is 3. The summed E-state index contributed by atoms with van der Waals surface area (Å²) >= 11 is 0. The molecule has 0 saturated carbocycles. The summed E-state index contributed by atoms with van der Waals surface area (Å²) in [7, 11) is 0. The van der Waals surface area contributed by atoms with Crippen molar-refractivity contribution in [2.45, 2.75) is 46.1 Å². The van der Waals surface area contributed by atoms with Gasteiger partial charge in [-0.2, -0.15) is 0 Å². The zero-order valence-electron chi connectivity index (χ0n) is 12.3. The van der Waals surface area contributed by atoms with Gasteiger partial charge in [-0.1, -0.05) is 6.92 Å². The molecule has 1 rings (SSSR count). The third-order valence-corrected chi connectivity index (χ3v) is 2.61. The number of benzene rings is 1. The molecule has 0 saturated heterocycles. The Labute approximate surface area is 119 Å². The van der Waals surface area contributed by atoms with Crippen molar-refractivity contribution in [3.8, 4) is 5.75 Å². The Morgan fingerprint density at radius 1 is 1.40 bits per heavy atom. The smallest absolute Gasteiger partial charge is 0.234 e. The van der Waals surface area contributed by atoms with Gasteiger partial charge in [0.1, 0.15) is 11.6 Å². The second kappa shape index (κ2) is 8.53. The minimum Gasteiger partial charge on any atom is -0.493 e. The van der Waals surface area contributed by atoms with Crippen molar-refractivity contribution in [1.82, 2.24) is 10.9 Å². The van der Waals surface area contributed by atoms with Crippen LogP contribution in [0.2, 0.25) is 0 Å². The van der Waals surface area contributed by atoms with Gasteiger partial charge in [-0.05, 0) is 50.5 Å². The van der Waals surface area contributed by atoms with Crippen LogP contribution in [-0.4, -0.2) is 18.6 Å². The molecule has 0 unspecified atom stereocenters. The highest BCUT2D eigenvalue weighted by Crippen LogP contribution is 2.21. The molecule has 0 aliphatic heterocycles. The molecule has 4 nitrogen and oxygen atoms in total. The molecule has 0 fully saturated rings. The number of amides is 1. The highest BCUT2D eigenvalue weighted by Gasteiger charge is 2.09. The first kappa shape index (κ1) is 16.4. The first-order chi connectivity index (χ1) is 9.52. The second-order valence-corrected chi connectivity index (χ2v) is 4.95. The second-order valence-electron chi connectivity index (χ2n) is 4.95. The van der Waals surface area contributed by atoms with Crippen molar-refractivity contribution >= 4 is 5.91 Å². The summed E-state index contributed by atoms with van der Waals surface area (Å²) in [5.41, 5.74) is 6.16. The quantitative estimate of drug-likeness (QED) is 0.721. The van der Waals surface area contributed by atoms with Crippen LogP contribution in [0.15, 0.2) is 18.2 Å². The van der Waals surface area contributed by atoms with E-state index in [4.69, 9.17) is 4.74 Å². The molecule has 0 aromatic heterocycles. The van der Waals surface area contributed by atoms with Gasteiger partial charge in [0.2, 0.25) is 5.91 Å². The topological polar surface area (TPSA) is 50.4 Å². The van der Waals surface area contributed by atoms with E-state index < -0.39 is 0 Å². The monoisotopic (exact) mass is 282 g/mol. The fourth-order valence-electron chi connectivity index (χ4n) is 1.63. The number of carbonyl (C=O) groups is 1. The van der Waals surface area contributed by atoms with E-state index in [1.165, 1.54) is 12.1 Å². The first-order valence-corrected chi connectivity index (χ1v) is 6.98. The molecule has 5 heteroatoms. The Hall–Kier alpha value is -1.62. The molecular weight excluding hydrogens is 259 g/mol. The maximum absolute atomic E-state index is 13.3. The van der Waals surface area contributed by atoms with E-state index in [0.29, 0.717) is 18.8 Å². The zero-order chi connectivity index (χ0) is 15.0. The van der Waals surface area contributed by atoms with Gasteiger partial charge in [0.15, 0.2) is 0 Å². The molecule has 0 atom stereocenters. The van der Waals surface area contributed by atoms with Crippen molar-refractivity contribution in [3.63, 3.8) is 0 Å². The van der Waals surface area contributed by atoms with Gasteiger partial charge in [-0.25, -0.2) is 9.82 Å². The van der Waals surface area contributed by atoms with Crippen molar-refractivity contribution in [3.05, 3.63) is 29.6 Å². The Kier molecular flexibility index (Phi) is 7.01. The number of hydrogen-bond donors (Lipinski definition) is 2. The minimum absolute atomic E-state index is 0.121. The molecule has 112 valence electrons. The van der Waals surface area contributed by atoms with Crippen LogP contribution in [0.3, 0.4) is 0 Å². The van der Waals surface area contributed by atoms with Crippen LogP contribution in [-0.2, 0) is 11.2 Å². The number of carbonyl (C=O) groups excluding carboxylic acids is 1. The standard InChI is InChI=1S/C15H23FN2O2/c1-4-9-20-14-7-6-13(16)10-12(14)5-8-15(19)18-17-11(2)3/h6-7,10-11,17H,4-5,8-9H2,1-3H3,(H,18,19). The molecule has 1 amide bonds. The number of nitrogens with one attached hydrogen (secondary N) is 2. The molecular formula is C15H23FN2O2. The van der Waals surface area contributed by atoms with Crippen LogP contribution in [0.25, 0.3) is 0 Å². The zero-order valence-corrected chi connectivity index (χ0v) is 12.3. The number of ether oxygens (including phenoxy) is 1. The van der Waals surface area contributed by atoms with E-state index in [9.17, 15) is 9.18 Å². The average Bonchev–Trinajstić information content (AvgIpc) is 2.41. The van der Waals surface area contributed by atoms with Gasteiger partial charge in [0, 0.05) is 12.5 Å². The van der Waals surface area contributed by atoms with E-state index in [-0.39, 0.29) is 24.2 Å². The fraction of sp³-hybridized carbons (Fsp3) is 0.533. The summed E-state index contributed by atoms with van der Waals surface area (Å²) in [5, 5.41) is 0. The van der Waals surface area contributed by atoms with Crippen LogP contribution in [0, 0.1) is 5.82 Å². The van der Waals surface area contributed by atoms with Crippen molar-refractivity contribution in [1.29, 1.82) is 0 Å². The summed E-state index contributed by atoms with van der Waals surface area (Å²) in [6, 6.07) is 4.59. The molecule has 0 spiro atoms. The first-order valence-electron chi connectivity index (χ1n) is 6.98. The molecule has 1 aromatic carbocycles. The third-order valence-electron chi connectivity index (χ3n) is 2.61. The van der Waals surface area contributed by atoms with E-state index in [0.717, 1.165) is 12.0 Å². The molecule has 0 radical (unpaired) electrons. The molecule has 0 bridgehead atoms. The molecule has 2 N–H and O–H groups in total.